The van der Waals surface area contributed by atoms with E-state index in [0.29, 0.717) is 31.3 Å². The van der Waals surface area contributed by atoms with Gasteiger partial charge >= 0.3 is 0 Å². The average Bonchev–Trinajstić information content (AvgIpc) is 2.59. The molecule has 0 amide bonds. The Bertz CT molecular complexity index is 1140. The molecule has 28 heavy (non-hydrogen) atoms. The van der Waals surface area contributed by atoms with Crippen LogP contribution in [0.25, 0.3) is 11.0 Å². The summed E-state index contributed by atoms with van der Waals surface area (Å²) in [4.78, 5) is 20.7. The lowest BCUT2D eigenvalue weighted by Crippen LogP contribution is -2.42. The van der Waals surface area contributed by atoms with Crippen LogP contribution in [0.1, 0.15) is 12.8 Å². The fourth-order valence-corrected chi connectivity index (χ4v) is 4.37. The molecule has 1 fully saturated rings. The summed E-state index contributed by atoms with van der Waals surface area (Å²) in [6.07, 6.45) is 3.86. The summed E-state index contributed by atoms with van der Waals surface area (Å²) in [5.41, 5.74) is -0.190. The molecule has 0 aromatic carbocycles. The summed E-state index contributed by atoms with van der Waals surface area (Å²) in [7, 11) is -7.44. The van der Waals surface area contributed by atoms with Crippen molar-refractivity contribution in [1.82, 2.24) is 18.8 Å². The number of sulfonamides is 1. The molecule has 0 aliphatic carbocycles. The quantitative estimate of drug-likeness (QED) is 0.577. The third-order valence-corrected chi connectivity index (χ3v) is 6.55. The molecule has 1 saturated heterocycles. The molecule has 2 aromatic rings. The van der Waals surface area contributed by atoms with Gasteiger partial charge in [-0.3, -0.25) is 13.9 Å². The first-order valence-corrected chi connectivity index (χ1v) is 12.0. The lowest BCUT2D eigenvalue weighted by molar-refractivity contribution is 0.331. The Kier molecular flexibility index (Phi) is 5.70. The average molecular weight is 431 g/mol. The second-order valence-corrected chi connectivity index (χ2v) is 10.2. The van der Waals surface area contributed by atoms with E-state index in [9.17, 15) is 21.6 Å². The van der Waals surface area contributed by atoms with Gasteiger partial charge in [-0.05, 0) is 18.9 Å². The molecule has 3 heterocycles. The van der Waals surface area contributed by atoms with E-state index in [1.807, 2.05) is 0 Å². The molecule has 11 nitrogen and oxygen atoms in total. The number of nitrogens with zero attached hydrogens (tertiary/aromatic N) is 4. The molecule has 13 heteroatoms. The minimum Gasteiger partial charge on any atom is -0.351 e. The van der Waals surface area contributed by atoms with Crippen LogP contribution in [0.15, 0.2) is 23.1 Å². The standard InChI is InChI=1S/C15H21N5O6S2/c1-27(22,23)19-6-4-12(5-7-19)17-15-16-10-11-2-3-13(21)20(14(11)18-15)8-9-28(24,25)26/h2-3,10,12H,4-9H2,1H3,(H,16,17,18)(H,24,25,26). The van der Waals surface area contributed by atoms with Crippen LogP contribution in [-0.4, -0.2) is 71.4 Å². The van der Waals surface area contributed by atoms with Gasteiger partial charge in [-0.1, -0.05) is 0 Å². The molecule has 3 rings (SSSR count). The predicted molar refractivity (Wildman–Crippen MR) is 103 cm³/mol. The van der Waals surface area contributed by atoms with E-state index < -0.39 is 31.5 Å². The molecule has 0 spiro atoms. The van der Waals surface area contributed by atoms with Crippen molar-refractivity contribution >= 4 is 37.1 Å². The second-order valence-electron chi connectivity index (χ2n) is 6.66. The molecule has 2 aromatic heterocycles. The Morgan fingerprint density at radius 2 is 1.89 bits per heavy atom. The van der Waals surface area contributed by atoms with Crippen molar-refractivity contribution < 1.29 is 21.4 Å². The van der Waals surface area contributed by atoms with E-state index in [-0.39, 0.29) is 24.2 Å². The van der Waals surface area contributed by atoms with Gasteiger partial charge in [-0.15, -0.1) is 0 Å². The Labute approximate surface area is 162 Å². The molecule has 2 N–H and O–H groups in total. The van der Waals surface area contributed by atoms with Crippen molar-refractivity contribution in [3.8, 4) is 0 Å². The fourth-order valence-electron chi connectivity index (χ4n) is 3.08. The highest BCUT2D eigenvalue weighted by Crippen LogP contribution is 2.17. The van der Waals surface area contributed by atoms with Gasteiger partial charge in [0.05, 0.1) is 12.0 Å². The van der Waals surface area contributed by atoms with Gasteiger partial charge in [0.25, 0.3) is 15.7 Å². The number of hydrogen-bond acceptors (Lipinski definition) is 8. The SMILES string of the molecule is CS(=O)(=O)N1CCC(Nc2ncc3ccc(=O)n(CCS(=O)(=O)O)c3n2)CC1. The summed E-state index contributed by atoms with van der Waals surface area (Å²) in [6, 6.07) is 2.79. The second kappa shape index (κ2) is 7.73. The van der Waals surface area contributed by atoms with E-state index in [2.05, 4.69) is 15.3 Å². The lowest BCUT2D eigenvalue weighted by Gasteiger charge is -2.30. The summed E-state index contributed by atoms with van der Waals surface area (Å²) in [6.45, 7) is 0.546. The van der Waals surface area contributed by atoms with Gasteiger partial charge in [0.15, 0.2) is 0 Å². The number of rotatable bonds is 6. The van der Waals surface area contributed by atoms with Gasteiger partial charge in [0.1, 0.15) is 5.65 Å². The van der Waals surface area contributed by atoms with Gasteiger partial charge in [0, 0.05) is 43.3 Å². The molecule has 0 bridgehead atoms. The highest BCUT2D eigenvalue weighted by atomic mass is 32.2. The smallest absolute Gasteiger partial charge is 0.266 e. The lowest BCUT2D eigenvalue weighted by atomic mass is 10.1. The number of anilines is 1. The van der Waals surface area contributed by atoms with Gasteiger partial charge in [0.2, 0.25) is 16.0 Å². The Morgan fingerprint density at radius 1 is 1.21 bits per heavy atom. The van der Waals surface area contributed by atoms with Crippen LogP contribution in [-0.2, 0) is 26.7 Å². The normalized spacial score (nSPS) is 17.1. The number of aromatic nitrogens is 3. The number of hydrogen-bond donors (Lipinski definition) is 2. The van der Waals surface area contributed by atoms with Crippen molar-refractivity contribution in [1.29, 1.82) is 0 Å². The molecular formula is C15H21N5O6S2. The number of nitrogens with one attached hydrogen (secondary N) is 1. The van der Waals surface area contributed by atoms with Crippen LogP contribution < -0.4 is 10.9 Å². The van der Waals surface area contributed by atoms with Crippen molar-refractivity contribution in [3.05, 3.63) is 28.7 Å². The zero-order chi connectivity index (χ0) is 20.5. The molecule has 1 aliphatic rings. The van der Waals surface area contributed by atoms with E-state index >= 15 is 0 Å². The highest BCUT2D eigenvalue weighted by Gasteiger charge is 2.25. The third kappa shape index (κ3) is 5.04. The zero-order valence-electron chi connectivity index (χ0n) is 15.1. The fraction of sp³-hybridized carbons (Fsp3) is 0.533. The maximum atomic E-state index is 12.1. The predicted octanol–water partition coefficient (Wildman–Crippen LogP) is -0.485. The molecule has 0 saturated carbocycles. The number of pyridine rings is 1. The molecule has 1 aliphatic heterocycles. The van der Waals surface area contributed by atoms with Crippen LogP contribution >= 0.6 is 0 Å². The molecular weight excluding hydrogens is 410 g/mol. The van der Waals surface area contributed by atoms with Gasteiger partial charge in [-0.2, -0.15) is 13.4 Å². The van der Waals surface area contributed by atoms with Crippen LogP contribution in [0.4, 0.5) is 5.95 Å². The van der Waals surface area contributed by atoms with Crippen molar-refractivity contribution in [2.24, 2.45) is 0 Å². The van der Waals surface area contributed by atoms with E-state index in [1.165, 1.54) is 33.5 Å². The van der Waals surface area contributed by atoms with Crippen molar-refractivity contribution in [2.75, 3.05) is 30.4 Å². The summed E-state index contributed by atoms with van der Waals surface area (Å²) < 4.78 is 56.8. The van der Waals surface area contributed by atoms with E-state index in [1.54, 1.807) is 0 Å². The van der Waals surface area contributed by atoms with Crippen molar-refractivity contribution in [2.45, 2.75) is 25.4 Å². The number of aryl methyl sites for hydroxylation is 1. The van der Waals surface area contributed by atoms with E-state index in [0.717, 1.165) is 0 Å². The number of piperidine rings is 1. The summed E-state index contributed by atoms with van der Waals surface area (Å²) in [5.74, 6) is -0.348. The first-order chi connectivity index (χ1) is 13.0. The van der Waals surface area contributed by atoms with Crippen LogP contribution in [0, 0.1) is 0 Å². The first-order valence-electron chi connectivity index (χ1n) is 8.56. The topological polar surface area (TPSA) is 152 Å². The summed E-state index contributed by atoms with van der Waals surface area (Å²) >= 11 is 0. The Balaban J connectivity index is 1.81. The Hall–Kier alpha value is -2.09. The largest absolute Gasteiger partial charge is 0.351 e. The maximum absolute atomic E-state index is 12.1. The number of fused-ring (bicyclic) bond motifs is 1. The monoisotopic (exact) mass is 431 g/mol. The molecule has 0 unspecified atom stereocenters. The summed E-state index contributed by atoms with van der Waals surface area (Å²) in [5, 5.41) is 3.69. The van der Waals surface area contributed by atoms with Gasteiger partial charge < -0.3 is 5.32 Å². The van der Waals surface area contributed by atoms with Gasteiger partial charge in [-0.25, -0.2) is 17.7 Å². The zero-order valence-corrected chi connectivity index (χ0v) is 16.8. The van der Waals surface area contributed by atoms with Crippen LogP contribution in [0.5, 0.6) is 0 Å². The van der Waals surface area contributed by atoms with Crippen LogP contribution in [0.2, 0.25) is 0 Å². The minimum absolute atomic E-state index is 0.0304. The third-order valence-electron chi connectivity index (χ3n) is 4.55. The van der Waals surface area contributed by atoms with E-state index in [4.69, 9.17) is 4.55 Å². The maximum Gasteiger partial charge on any atom is 0.266 e. The first kappa shape index (κ1) is 20.6. The van der Waals surface area contributed by atoms with Crippen LogP contribution in [0.3, 0.4) is 0 Å². The molecule has 0 radical (unpaired) electrons. The Morgan fingerprint density at radius 3 is 2.50 bits per heavy atom. The molecule has 0 atom stereocenters. The minimum atomic E-state index is -4.23. The van der Waals surface area contributed by atoms with Crippen molar-refractivity contribution in [3.63, 3.8) is 0 Å². The molecule has 154 valence electrons. The highest BCUT2D eigenvalue weighted by molar-refractivity contribution is 7.88.